The van der Waals surface area contributed by atoms with Gasteiger partial charge in [-0.1, -0.05) is 39.7 Å². The molecule has 0 amide bonds. The molecule has 0 aromatic carbocycles. The summed E-state index contributed by atoms with van der Waals surface area (Å²) in [7, 11) is 0. The molecule has 0 aliphatic carbocycles. The van der Waals surface area contributed by atoms with Crippen LogP contribution in [0.5, 0.6) is 0 Å². The van der Waals surface area contributed by atoms with Gasteiger partial charge in [-0.25, -0.2) is 0 Å². The van der Waals surface area contributed by atoms with Gasteiger partial charge in [0.05, 0.1) is 12.2 Å². The zero-order valence-corrected chi connectivity index (χ0v) is 9.71. The van der Waals surface area contributed by atoms with Gasteiger partial charge >= 0.3 is 0 Å². The molecule has 0 fully saturated rings. The fourth-order valence-corrected chi connectivity index (χ4v) is 0.969. The van der Waals surface area contributed by atoms with Crippen LogP contribution in [0.2, 0.25) is 0 Å². The Labute approximate surface area is 88.1 Å². The summed E-state index contributed by atoms with van der Waals surface area (Å²) in [5, 5.41) is 18.7. The van der Waals surface area contributed by atoms with Crippen LogP contribution < -0.4 is 0 Å². The summed E-state index contributed by atoms with van der Waals surface area (Å²) in [6, 6.07) is 0. The summed E-state index contributed by atoms with van der Waals surface area (Å²) in [6.45, 7) is 3.77. The van der Waals surface area contributed by atoms with Crippen molar-refractivity contribution in [3.05, 3.63) is 23.8 Å². The summed E-state index contributed by atoms with van der Waals surface area (Å²) in [6.07, 6.45) is 6.19. The standard InChI is InChI=1S/C10H17BrO2/c1-9(5-7-12)4-3-6-10(2,13)8-11/h3,5-6,12-13H,4,7-8H2,1-2H3/b6-3+,9-5+. The topological polar surface area (TPSA) is 40.5 Å². The van der Waals surface area contributed by atoms with E-state index in [9.17, 15) is 5.11 Å². The lowest BCUT2D eigenvalue weighted by atomic mass is 10.1. The Balaban J connectivity index is 3.94. The average Bonchev–Trinajstić information content (AvgIpc) is 2.05. The van der Waals surface area contributed by atoms with Crippen LogP contribution in [0.15, 0.2) is 23.8 Å². The molecule has 3 heteroatoms. The normalized spacial score (nSPS) is 17.8. The van der Waals surface area contributed by atoms with Gasteiger partial charge in [0, 0.05) is 5.33 Å². The van der Waals surface area contributed by atoms with Crippen LogP contribution >= 0.6 is 15.9 Å². The molecular weight excluding hydrogens is 232 g/mol. The van der Waals surface area contributed by atoms with Crippen LogP contribution in [0.1, 0.15) is 20.3 Å². The van der Waals surface area contributed by atoms with Gasteiger partial charge in [-0.3, -0.25) is 0 Å². The van der Waals surface area contributed by atoms with E-state index < -0.39 is 5.60 Å². The summed E-state index contributed by atoms with van der Waals surface area (Å²) < 4.78 is 0. The number of aliphatic hydroxyl groups excluding tert-OH is 1. The van der Waals surface area contributed by atoms with E-state index in [0.29, 0.717) is 5.33 Å². The zero-order chi connectivity index (χ0) is 10.3. The molecule has 0 saturated carbocycles. The van der Waals surface area contributed by atoms with Gasteiger partial charge in [-0.2, -0.15) is 0 Å². The lowest BCUT2D eigenvalue weighted by Gasteiger charge is -2.14. The maximum atomic E-state index is 9.56. The van der Waals surface area contributed by atoms with Gasteiger partial charge in [-0.15, -0.1) is 0 Å². The molecule has 0 radical (unpaired) electrons. The van der Waals surface area contributed by atoms with Crippen LogP contribution in [0.3, 0.4) is 0 Å². The first kappa shape index (κ1) is 12.9. The highest BCUT2D eigenvalue weighted by molar-refractivity contribution is 9.09. The van der Waals surface area contributed by atoms with E-state index in [1.165, 1.54) is 0 Å². The van der Waals surface area contributed by atoms with E-state index >= 15 is 0 Å². The molecule has 0 rings (SSSR count). The third-order valence-electron chi connectivity index (χ3n) is 1.63. The van der Waals surface area contributed by atoms with Crippen molar-refractivity contribution in [3.8, 4) is 0 Å². The Morgan fingerprint density at radius 3 is 2.62 bits per heavy atom. The largest absolute Gasteiger partial charge is 0.392 e. The average molecular weight is 249 g/mol. The first-order valence-corrected chi connectivity index (χ1v) is 5.36. The van der Waals surface area contributed by atoms with Crippen molar-refractivity contribution in [3.63, 3.8) is 0 Å². The summed E-state index contributed by atoms with van der Waals surface area (Å²) in [5.74, 6) is 0. The highest BCUT2D eigenvalue weighted by Crippen LogP contribution is 2.10. The minimum atomic E-state index is -0.778. The van der Waals surface area contributed by atoms with Crippen LogP contribution in [0, 0.1) is 0 Å². The van der Waals surface area contributed by atoms with Gasteiger partial charge in [0.15, 0.2) is 0 Å². The summed E-state index contributed by atoms with van der Waals surface area (Å²) >= 11 is 3.21. The molecule has 2 N–H and O–H groups in total. The van der Waals surface area contributed by atoms with E-state index in [-0.39, 0.29) is 6.61 Å². The number of aliphatic hydroxyl groups is 2. The summed E-state index contributed by atoms with van der Waals surface area (Å²) in [5.41, 5.74) is 0.323. The molecule has 0 bridgehead atoms. The number of hydrogen-bond donors (Lipinski definition) is 2. The Bertz CT molecular complexity index is 195. The molecule has 2 nitrogen and oxygen atoms in total. The molecule has 0 aromatic heterocycles. The fourth-order valence-electron chi connectivity index (χ4n) is 0.782. The lowest BCUT2D eigenvalue weighted by molar-refractivity contribution is 0.139. The van der Waals surface area contributed by atoms with Crippen LogP contribution in [0.4, 0.5) is 0 Å². The molecule has 1 unspecified atom stereocenters. The molecule has 0 spiro atoms. The molecule has 0 saturated heterocycles. The van der Waals surface area contributed by atoms with Gasteiger partial charge in [0.1, 0.15) is 0 Å². The summed E-state index contributed by atoms with van der Waals surface area (Å²) in [4.78, 5) is 0. The highest BCUT2D eigenvalue weighted by atomic mass is 79.9. The van der Waals surface area contributed by atoms with E-state index in [0.717, 1.165) is 12.0 Å². The Morgan fingerprint density at radius 2 is 2.15 bits per heavy atom. The number of hydrogen-bond acceptors (Lipinski definition) is 2. The van der Waals surface area contributed by atoms with Crippen LogP contribution in [-0.4, -0.2) is 27.8 Å². The third kappa shape index (κ3) is 6.99. The second kappa shape index (κ2) is 6.35. The highest BCUT2D eigenvalue weighted by Gasteiger charge is 2.12. The van der Waals surface area contributed by atoms with E-state index in [2.05, 4.69) is 15.9 Å². The van der Waals surface area contributed by atoms with Crippen LogP contribution in [-0.2, 0) is 0 Å². The van der Waals surface area contributed by atoms with Crippen molar-refractivity contribution >= 4 is 15.9 Å². The van der Waals surface area contributed by atoms with Crippen molar-refractivity contribution in [2.24, 2.45) is 0 Å². The van der Waals surface area contributed by atoms with Crippen molar-refractivity contribution in [1.29, 1.82) is 0 Å². The third-order valence-corrected chi connectivity index (χ3v) is 2.76. The number of alkyl halides is 1. The maximum absolute atomic E-state index is 9.56. The second-order valence-electron chi connectivity index (χ2n) is 3.33. The molecule has 1 atom stereocenters. The smallest absolute Gasteiger partial charge is 0.0896 e. The first-order valence-electron chi connectivity index (χ1n) is 4.24. The van der Waals surface area contributed by atoms with E-state index in [1.807, 2.05) is 13.0 Å². The molecule has 0 aliphatic rings. The van der Waals surface area contributed by atoms with Crippen molar-refractivity contribution in [1.82, 2.24) is 0 Å². The SMILES string of the molecule is C/C(=C\CO)C/C=C/C(C)(O)CBr. The Kier molecular flexibility index (Phi) is 6.29. The maximum Gasteiger partial charge on any atom is 0.0896 e. The number of allylic oxidation sites excluding steroid dienone is 2. The van der Waals surface area contributed by atoms with Crippen molar-refractivity contribution in [2.75, 3.05) is 11.9 Å². The number of halogens is 1. The monoisotopic (exact) mass is 248 g/mol. The Morgan fingerprint density at radius 1 is 1.54 bits per heavy atom. The fraction of sp³-hybridized carbons (Fsp3) is 0.600. The molecule has 0 aromatic rings. The molecule has 13 heavy (non-hydrogen) atoms. The molecular formula is C10H17BrO2. The molecule has 0 heterocycles. The molecule has 76 valence electrons. The first-order chi connectivity index (χ1) is 6.02. The lowest BCUT2D eigenvalue weighted by Crippen LogP contribution is -2.22. The van der Waals surface area contributed by atoms with E-state index in [4.69, 9.17) is 5.11 Å². The van der Waals surface area contributed by atoms with Gasteiger partial charge in [-0.05, 0) is 20.3 Å². The Hall–Kier alpha value is -0.120. The number of rotatable bonds is 5. The minimum Gasteiger partial charge on any atom is -0.392 e. The van der Waals surface area contributed by atoms with Crippen LogP contribution in [0.25, 0.3) is 0 Å². The van der Waals surface area contributed by atoms with Gasteiger partial charge in [0.2, 0.25) is 0 Å². The zero-order valence-electron chi connectivity index (χ0n) is 8.13. The molecule has 0 aliphatic heterocycles. The van der Waals surface area contributed by atoms with Crippen molar-refractivity contribution < 1.29 is 10.2 Å². The van der Waals surface area contributed by atoms with Gasteiger partial charge in [0.25, 0.3) is 0 Å². The second-order valence-corrected chi connectivity index (χ2v) is 3.89. The predicted molar refractivity (Wildman–Crippen MR) is 59.0 cm³/mol. The quantitative estimate of drug-likeness (QED) is 0.578. The predicted octanol–water partition coefficient (Wildman–Crippen LogP) is 2.02. The minimum absolute atomic E-state index is 0.0779. The van der Waals surface area contributed by atoms with E-state index in [1.54, 1.807) is 19.1 Å². The van der Waals surface area contributed by atoms with Crippen molar-refractivity contribution in [2.45, 2.75) is 25.9 Å². The van der Waals surface area contributed by atoms with Gasteiger partial charge < -0.3 is 10.2 Å².